The van der Waals surface area contributed by atoms with Gasteiger partial charge in [-0.2, -0.15) is 4.31 Å². The molecule has 0 radical (unpaired) electrons. The number of hydrogen-bond donors (Lipinski definition) is 1. The smallest absolute Gasteiger partial charge is 0.309 e. The summed E-state index contributed by atoms with van der Waals surface area (Å²) in [6.07, 6.45) is 1.30. The zero-order chi connectivity index (χ0) is 24.0. The highest BCUT2D eigenvalue weighted by molar-refractivity contribution is 7.89. The number of methoxy groups -OCH3 is 3. The number of piperidine rings is 1. The van der Waals surface area contributed by atoms with Crippen molar-refractivity contribution in [3.63, 3.8) is 0 Å². The zero-order valence-electron chi connectivity index (χ0n) is 18.9. The van der Waals surface area contributed by atoms with Crippen LogP contribution in [0.25, 0.3) is 0 Å². The lowest BCUT2D eigenvalue weighted by Crippen LogP contribution is -2.42. The molecule has 1 aliphatic rings. The lowest BCUT2D eigenvalue weighted by Gasteiger charge is -2.30. The van der Waals surface area contributed by atoms with E-state index < -0.39 is 21.9 Å². The van der Waals surface area contributed by atoms with E-state index in [0.29, 0.717) is 36.6 Å². The van der Waals surface area contributed by atoms with Gasteiger partial charge in [0.15, 0.2) is 11.5 Å². The molecule has 1 aliphatic heterocycles. The van der Waals surface area contributed by atoms with Gasteiger partial charge in [0.2, 0.25) is 15.9 Å². The molecule has 1 saturated heterocycles. The van der Waals surface area contributed by atoms with Gasteiger partial charge in [-0.15, -0.1) is 0 Å². The van der Waals surface area contributed by atoms with Crippen LogP contribution >= 0.6 is 0 Å². The van der Waals surface area contributed by atoms with Crippen molar-refractivity contribution in [1.82, 2.24) is 4.31 Å². The second-order valence-electron chi connectivity index (χ2n) is 7.66. The number of rotatable bonds is 8. The largest absolute Gasteiger partial charge is 0.493 e. The average molecular weight is 477 g/mol. The van der Waals surface area contributed by atoms with Crippen molar-refractivity contribution in [3.05, 3.63) is 48.0 Å². The maximum absolute atomic E-state index is 13.0. The van der Waals surface area contributed by atoms with Gasteiger partial charge in [0, 0.05) is 18.8 Å². The number of amides is 1. The van der Waals surface area contributed by atoms with Crippen LogP contribution < -0.4 is 14.8 Å². The third kappa shape index (κ3) is 5.82. The van der Waals surface area contributed by atoms with E-state index in [1.165, 1.54) is 37.8 Å². The summed E-state index contributed by atoms with van der Waals surface area (Å²) in [7, 11) is 0.605. The molecule has 1 N–H and O–H groups in total. The number of esters is 1. The van der Waals surface area contributed by atoms with Gasteiger partial charge in [-0.05, 0) is 54.8 Å². The summed E-state index contributed by atoms with van der Waals surface area (Å²) >= 11 is 0. The lowest BCUT2D eigenvalue weighted by molar-refractivity contribution is -0.146. The van der Waals surface area contributed by atoms with E-state index in [1.54, 1.807) is 30.3 Å². The van der Waals surface area contributed by atoms with Gasteiger partial charge in [-0.1, -0.05) is 6.07 Å². The van der Waals surface area contributed by atoms with Crippen molar-refractivity contribution in [2.75, 3.05) is 39.7 Å². The number of ether oxygens (including phenoxy) is 3. The van der Waals surface area contributed by atoms with Crippen LogP contribution in [0.15, 0.2) is 47.4 Å². The molecule has 1 heterocycles. The molecule has 9 nitrogen and oxygen atoms in total. The molecular formula is C23H28N2O7S. The van der Waals surface area contributed by atoms with Crippen LogP contribution in [0.1, 0.15) is 18.4 Å². The predicted molar refractivity (Wildman–Crippen MR) is 122 cm³/mol. The van der Waals surface area contributed by atoms with E-state index in [1.807, 2.05) is 0 Å². The van der Waals surface area contributed by atoms with Crippen LogP contribution in [0.3, 0.4) is 0 Å². The maximum atomic E-state index is 13.0. The summed E-state index contributed by atoms with van der Waals surface area (Å²) in [5, 5.41) is 2.76. The first-order chi connectivity index (χ1) is 15.8. The van der Waals surface area contributed by atoms with E-state index in [-0.39, 0.29) is 23.8 Å². The first-order valence-electron chi connectivity index (χ1n) is 10.5. The Bertz CT molecular complexity index is 1100. The Morgan fingerprint density at radius 1 is 1.03 bits per heavy atom. The SMILES string of the molecule is COC(=O)[C@@H]1CCCN(S(=O)(=O)c2ccc(NC(=O)Cc3ccc(OC)c(OC)c3)cc2)C1. The molecule has 2 aromatic carbocycles. The van der Waals surface area contributed by atoms with E-state index >= 15 is 0 Å². The van der Waals surface area contributed by atoms with Crippen molar-refractivity contribution in [2.45, 2.75) is 24.2 Å². The van der Waals surface area contributed by atoms with Crippen LogP contribution in [0, 0.1) is 5.92 Å². The molecule has 0 aromatic heterocycles. The number of anilines is 1. The standard InChI is InChI=1S/C23H28N2O7S/c1-30-20-11-6-16(13-21(20)31-2)14-22(26)24-18-7-9-19(10-8-18)33(28,29)25-12-4-5-17(15-25)23(27)32-3/h6-11,13,17H,4-5,12,14-15H2,1-3H3,(H,24,26)/t17-/m1/s1. The van der Waals surface area contributed by atoms with Crippen LogP contribution in [-0.4, -0.2) is 59.0 Å². The molecular weight excluding hydrogens is 448 g/mol. The molecule has 33 heavy (non-hydrogen) atoms. The summed E-state index contributed by atoms with van der Waals surface area (Å²) in [6.45, 7) is 0.443. The summed E-state index contributed by atoms with van der Waals surface area (Å²) in [5.74, 6) is -0.0135. The van der Waals surface area contributed by atoms with E-state index in [9.17, 15) is 18.0 Å². The highest BCUT2D eigenvalue weighted by Gasteiger charge is 2.33. The fourth-order valence-corrected chi connectivity index (χ4v) is 5.28. The summed E-state index contributed by atoms with van der Waals surface area (Å²) in [4.78, 5) is 24.4. The Morgan fingerprint density at radius 2 is 1.73 bits per heavy atom. The third-order valence-corrected chi connectivity index (χ3v) is 7.39. The quantitative estimate of drug-likeness (QED) is 0.583. The fraction of sp³-hybridized carbons (Fsp3) is 0.391. The molecule has 0 spiro atoms. The highest BCUT2D eigenvalue weighted by Crippen LogP contribution is 2.28. The average Bonchev–Trinajstić information content (AvgIpc) is 2.83. The van der Waals surface area contributed by atoms with Crippen molar-refractivity contribution in [2.24, 2.45) is 5.92 Å². The number of nitrogens with zero attached hydrogens (tertiary/aromatic N) is 1. The monoisotopic (exact) mass is 476 g/mol. The van der Waals surface area contributed by atoms with Crippen molar-refractivity contribution in [3.8, 4) is 11.5 Å². The van der Waals surface area contributed by atoms with Crippen LogP contribution in [-0.2, 0) is 30.8 Å². The molecule has 0 unspecified atom stereocenters. The molecule has 10 heteroatoms. The summed E-state index contributed by atoms with van der Waals surface area (Å²) in [5.41, 5.74) is 1.22. The number of carbonyl (C=O) groups excluding carboxylic acids is 2. The number of benzene rings is 2. The molecule has 0 bridgehead atoms. The van der Waals surface area contributed by atoms with Crippen molar-refractivity contribution in [1.29, 1.82) is 0 Å². The molecule has 0 aliphatic carbocycles. The number of sulfonamides is 1. The van der Waals surface area contributed by atoms with E-state index in [0.717, 1.165) is 5.56 Å². The van der Waals surface area contributed by atoms with Crippen molar-refractivity contribution >= 4 is 27.6 Å². The van der Waals surface area contributed by atoms with Crippen LogP contribution in [0.2, 0.25) is 0 Å². The summed E-state index contributed by atoms with van der Waals surface area (Å²) in [6, 6.07) is 11.2. The number of nitrogens with one attached hydrogen (secondary N) is 1. The third-order valence-electron chi connectivity index (χ3n) is 5.51. The Hall–Kier alpha value is -3.11. The van der Waals surface area contributed by atoms with Gasteiger partial charge in [-0.25, -0.2) is 8.42 Å². The Morgan fingerprint density at radius 3 is 2.36 bits per heavy atom. The first-order valence-corrected chi connectivity index (χ1v) is 11.9. The lowest BCUT2D eigenvalue weighted by atomic mass is 10.0. The molecule has 2 aromatic rings. The molecule has 1 atom stereocenters. The minimum absolute atomic E-state index is 0.0960. The highest BCUT2D eigenvalue weighted by atomic mass is 32.2. The van der Waals surface area contributed by atoms with Gasteiger partial charge >= 0.3 is 5.97 Å². The van der Waals surface area contributed by atoms with Crippen LogP contribution in [0.4, 0.5) is 5.69 Å². The maximum Gasteiger partial charge on any atom is 0.309 e. The van der Waals surface area contributed by atoms with Gasteiger partial charge in [0.25, 0.3) is 0 Å². The fourth-order valence-electron chi connectivity index (χ4n) is 3.76. The van der Waals surface area contributed by atoms with Crippen LogP contribution in [0.5, 0.6) is 11.5 Å². The molecule has 1 amide bonds. The first kappa shape index (κ1) is 24.5. The molecule has 178 valence electrons. The minimum atomic E-state index is -3.76. The predicted octanol–water partition coefficient (Wildman–Crippen LogP) is 2.46. The van der Waals surface area contributed by atoms with Gasteiger partial charge in [0.05, 0.1) is 38.6 Å². The molecule has 0 saturated carbocycles. The van der Waals surface area contributed by atoms with E-state index in [4.69, 9.17) is 14.2 Å². The minimum Gasteiger partial charge on any atom is -0.493 e. The number of hydrogen-bond acceptors (Lipinski definition) is 7. The van der Waals surface area contributed by atoms with Crippen molar-refractivity contribution < 1.29 is 32.2 Å². The van der Waals surface area contributed by atoms with Gasteiger partial charge in [-0.3, -0.25) is 9.59 Å². The molecule has 3 rings (SSSR count). The van der Waals surface area contributed by atoms with Gasteiger partial charge < -0.3 is 19.5 Å². The van der Waals surface area contributed by atoms with E-state index in [2.05, 4.69) is 5.32 Å². The van der Waals surface area contributed by atoms with Gasteiger partial charge in [0.1, 0.15) is 0 Å². The Kier molecular flexibility index (Phi) is 7.93. The second-order valence-corrected chi connectivity index (χ2v) is 9.60. The summed E-state index contributed by atoms with van der Waals surface area (Å²) < 4.78 is 42.5. The Balaban J connectivity index is 1.65. The molecule has 1 fully saturated rings. The number of carbonyl (C=O) groups is 2. The second kappa shape index (κ2) is 10.7. The Labute approximate surface area is 193 Å². The zero-order valence-corrected chi connectivity index (χ0v) is 19.7. The topological polar surface area (TPSA) is 111 Å². The normalized spacial score (nSPS) is 16.6.